The molecule has 4 nitrogen and oxygen atoms in total. The van der Waals surface area contributed by atoms with Gasteiger partial charge in [-0.1, -0.05) is 19.1 Å². The Hall–Kier alpha value is -2.07. The average Bonchev–Trinajstić information content (AvgIpc) is 2.81. The van der Waals surface area contributed by atoms with Crippen molar-refractivity contribution in [1.29, 1.82) is 0 Å². The predicted molar refractivity (Wildman–Crippen MR) is 78.6 cm³/mol. The van der Waals surface area contributed by atoms with Crippen molar-refractivity contribution in [1.82, 2.24) is 4.98 Å². The van der Waals surface area contributed by atoms with Crippen molar-refractivity contribution in [2.24, 2.45) is 5.84 Å². The maximum atomic E-state index is 5.87. The Balaban J connectivity index is 2.40. The van der Waals surface area contributed by atoms with Crippen molar-refractivity contribution in [2.45, 2.75) is 20.3 Å². The first-order chi connectivity index (χ1) is 9.11. The van der Waals surface area contributed by atoms with Crippen molar-refractivity contribution in [3.05, 3.63) is 47.2 Å². The summed E-state index contributed by atoms with van der Waals surface area (Å²) < 4.78 is 5.44. The van der Waals surface area contributed by atoms with Crippen LogP contribution < -0.4 is 10.9 Å². The van der Waals surface area contributed by atoms with Gasteiger partial charge >= 0.3 is 0 Å². The quantitative estimate of drug-likeness (QED) is 0.675. The fraction of sp³-hybridized carbons (Fsp3) is 0.267. The molecule has 1 aromatic heterocycles. The van der Waals surface area contributed by atoms with Gasteiger partial charge in [-0.3, -0.25) is 0 Å². The molecule has 2 rings (SSSR count). The zero-order valence-corrected chi connectivity index (χ0v) is 11.6. The Morgan fingerprint density at radius 1 is 1.37 bits per heavy atom. The summed E-state index contributed by atoms with van der Waals surface area (Å²) >= 11 is 0. The molecule has 19 heavy (non-hydrogen) atoms. The summed E-state index contributed by atoms with van der Waals surface area (Å²) in [5.74, 6) is 7.28. The summed E-state index contributed by atoms with van der Waals surface area (Å²) in [6.07, 6.45) is 6.53. The highest BCUT2D eigenvalue weighted by atomic mass is 16.3. The van der Waals surface area contributed by atoms with E-state index in [0.29, 0.717) is 5.89 Å². The lowest BCUT2D eigenvalue weighted by Crippen LogP contribution is -2.26. The van der Waals surface area contributed by atoms with Gasteiger partial charge < -0.3 is 9.43 Å². The minimum absolute atomic E-state index is 0.606. The van der Waals surface area contributed by atoms with Crippen molar-refractivity contribution in [3.63, 3.8) is 0 Å². The van der Waals surface area contributed by atoms with Gasteiger partial charge in [0.2, 0.25) is 5.89 Å². The number of hydrazine groups is 1. The summed E-state index contributed by atoms with van der Waals surface area (Å²) in [6.45, 7) is 4.01. The summed E-state index contributed by atoms with van der Waals surface area (Å²) in [5, 5.41) is 1.62. The van der Waals surface area contributed by atoms with Crippen LogP contribution in [0.4, 0.5) is 5.69 Å². The number of nitrogens with zero attached hydrogens (tertiary/aromatic N) is 2. The van der Waals surface area contributed by atoms with E-state index >= 15 is 0 Å². The molecule has 100 valence electrons. The molecule has 2 N–H and O–H groups in total. The second-order valence-electron chi connectivity index (χ2n) is 4.46. The number of oxazole rings is 1. The minimum atomic E-state index is 0.606. The van der Waals surface area contributed by atoms with E-state index < -0.39 is 0 Å². The monoisotopic (exact) mass is 257 g/mol. The van der Waals surface area contributed by atoms with Crippen LogP contribution in [0.2, 0.25) is 0 Å². The van der Waals surface area contributed by atoms with Gasteiger partial charge in [0, 0.05) is 18.7 Å². The smallest absolute Gasteiger partial charge is 0.218 e. The fourth-order valence-corrected chi connectivity index (χ4v) is 2.01. The third-order valence-corrected chi connectivity index (χ3v) is 2.97. The summed E-state index contributed by atoms with van der Waals surface area (Å²) in [5.41, 5.74) is 3.33. The second-order valence-corrected chi connectivity index (χ2v) is 4.46. The molecule has 0 unspecified atom stereocenters. The van der Waals surface area contributed by atoms with E-state index in [4.69, 9.17) is 10.3 Å². The highest BCUT2D eigenvalue weighted by Crippen LogP contribution is 2.24. The zero-order valence-electron chi connectivity index (χ0n) is 11.6. The van der Waals surface area contributed by atoms with Crippen LogP contribution in [0.5, 0.6) is 0 Å². The SMILES string of the molecule is CCc1cccc(N(C)N)c1/C=C/c1ncc(C)o1. The molecule has 1 aromatic carbocycles. The molecule has 0 amide bonds. The molecule has 1 heterocycles. The average molecular weight is 257 g/mol. The first kappa shape index (κ1) is 13.4. The number of aromatic nitrogens is 1. The molecule has 0 spiro atoms. The van der Waals surface area contributed by atoms with Crippen molar-refractivity contribution >= 4 is 17.8 Å². The lowest BCUT2D eigenvalue weighted by molar-refractivity contribution is 0.517. The number of hydrogen-bond donors (Lipinski definition) is 1. The standard InChI is InChI=1S/C15H19N3O/c1-4-12-6-5-7-14(18(3)16)13(12)8-9-15-17-10-11(2)19-15/h5-10H,4,16H2,1-3H3/b9-8+. The molecule has 0 saturated heterocycles. The molecule has 0 aliphatic carbocycles. The number of nitrogens with two attached hydrogens (primary N) is 1. The molecular weight excluding hydrogens is 238 g/mol. The van der Waals surface area contributed by atoms with Gasteiger partial charge in [-0.05, 0) is 31.1 Å². The summed E-state index contributed by atoms with van der Waals surface area (Å²) in [6, 6.07) is 6.12. The van der Waals surface area contributed by atoms with Crippen molar-refractivity contribution < 1.29 is 4.42 Å². The third-order valence-electron chi connectivity index (χ3n) is 2.97. The van der Waals surface area contributed by atoms with E-state index in [0.717, 1.165) is 23.4 Å². The van der Waals surface area contributed by atoms with Gasteiger partial charge in [0.1, 0.15) is 5.76 Å². The van der Waals surface area contributed by atoms with Gasteiger partial charge in [-0.2, -0.15) is 0 Å². The number of benzene rings is 1. The highest BCUT2D eigenvalue weighted by molar-refractivity contribution is 5.77. The molecule has 2 aromatic rings. The van der Waals surface area contributed by atoms with E-state index in [9.17, 15) is 0 Å². The van der Waals surface area contributed by atoms with E-state index in [1.165, 1.54) is 5.56 Å². The van der Waals surface area contributed by atoms with Crippen LogP contribution in [0.3, 0.4) is 0 Å². The van der Waals surface area contributed by atoms with Gasteiger partial charge in [0.25, 0.3) is 0 Å². The highest BCUT2D eigenvalue weighted by Gasteiger charge is 2.07. The van der Waals surface area contributed by atoms with Gasteiger partial charge in [-0.15, -0.1) is 0 Å². The summed E-state index contributed by atoms with van der Waals surface area (Å²) in [7, 11) is 1.83. The lowest BCUT2D eigenvalue weighted by atomic mass is 10.0. The molecule has 4 heteroatoms. The first-order valence-corrected chi connectivity index (χ1v) is 6.32. The zero-order chi connectivity index (χ0) is 13.8. The Bertz CT molecular complexity index is 585. The molecule has 0 bridgehead atoms. The normalized spacial score (nSPS) is 11.2. The number of aryl methyl sites for hydroxylation is 2. The van der Waals surface area contributed by atoms with Crippen LogP contribution in [0.1, 0.15) is 29.7 Å². The van der Waals surface area contributed by atoms with Crippen LogP contribution in [-0.2, 0) is 6.42 Å². The Kier molecular flexibility index (Phi) is 4.02. The first-order valence-electron chi connectivity index (χ1n) is 6.32. The van der Waals surface area contributed by atoms with Crippen LogP contribution in [0.25, 0.3) is 12.2 Å². The predicted octanol–water partition coefficient (Wildman–Crippen LogP) is 3.03. The second kappa shape index (κ2) is 5.71. The molecular formula is C15H19N3O. The van der Waals surface area contributed by atoms with E-state index in [-0.39, 0.29) is 0 Å². The molecule has 0 atom stereocenters. The van der Waals surface area contributed by atoms with Crippen molar-refractivity contribution in [3.8, 4) is 0 Å². The minimum Gasteiger partial charge on any atom is -0.442 e. The Labute approximate surface area is 113 Å². The lowest BCUT2D eigenvalue weighted by Gasteiger charge is -2.17. The molecule has 0 radical (unpaired) electrons. The van der Waals surface area contributed by atoms with Crippen LogP contribution in [0.15, 0.2) is 28.8 Å². The van der Waals surface area contributed by atoms with Crippen LogP contribution in [-0.4, -0.2) is 12.0 Å². The molecule has 0 fully saturated rings. The maximum absolute atomic E-state index is 5.87. The third kappa shape index (κ3) is 3.03. The van der Waals surface area contributed by atoms with E-state index in [1.807, 2.05) is 38.3 Å². The van der Waals surface area contributed by atoms with Gasteiger partial charge in [0.15, 0.2) is 0 Å². The van der Waals surface area contributed by atoms with Gasteiger partial charge in [-0.25, -0.2) is 10.8 Å². The maximum Gasteiger partial charge on any atom is 0.218 e. The molecule has 0 saturated carbocycles. The van der Waals surface area contributed by atoms with Crippen molar-refractivity contribution in [2.75, 3.05) is 12.1 Å². The van der Waals surface area contributed by atoms with Crippen LogP contribution in [0, 0.1) is 6.92 Å². The number of anilines is 1. The number of rotatable bonds is 4. The Morgan fingerprint density at radius 2 is 2.16 bits per heavy atom. The number of hydrogen-bond acceptors (Lipinski definition) is 4. The van der Waals surface area contributed by atoms with E-state index in [2.05, 4.69) is 18.0 Å². The Morgan fingerprint density at radius 3 is 2.74 bits per heavy atom. The molecule has 0 aliphatic rings. The largest absolute Gasteiger partial charge is 0.442 e. The fourth-order valence-electron chi connectivity index (χ4n) is 2.01. The van der Waals surface area contributed by atoms with Crippen LogP contribution >= 0.6 is 0 Å². The van der Waals surface area contributed by atoms with E-state index in [1.54, 1.807) is 11.2 Å². The topological polar surface area (TPSA) is 55.3 Å². The summed E-state index contributed by atoms with van der Waals surface area (Å²) in [4.78, 5) is 4.16. The molecule has 0 aliphatic heterocycles. The van der Waals surface area contributed by atoms with Gasteiger partial charge in [0.05, 0.1) is 11.9 Å².